The van der Waals surface area contributed by atoms with Crippen LogP contribution in [0.15, 0.2) is 36.9 Å². The summed E-state index contributed by atoms with van der Waals surface area (Å²) in [6.07, 6.45) is 7.44. The summed E-state index contributed by atoms with van der Waals surface area (Å²) in [5, 5.41) is 3.35. The largest absolute Gasteiger partial charge is 0.339 e. The number of piperazine rings is 1. The molecule has 17 heavy (non-hydrogen) atoms. The quantitative estimate of drug-likeness (QED) is 0.822. The first-order chi connectivity index (χ1) is 8.45. The number of pyridine rings is 1. The van der Waals surface area contributed by atoms with Gasteiger partial charge in [-0.15, -0.1) is 0 Å². The van der Waals surface area contributed by atoms with Crippen molar-refractivity contribution >= 4 is 5.95 Å². The van der Waals surface area contributed by atoms with E-state index in [0.717, 1.165) is 37.8 Å². The van der Waals surface area contributed by atoms with E-state index in [1.807, 2.05) is 24.5 Å². The van der Waals surface area contributed by atoms with Crippen LogP contribution in [0.1, 0.15) is 0 Å². The molecule has 2 aromatic heterocycles. The van der Waals surface area contributed by atoms with Gasteiger partial charge in [0.25, 0.3) is 0 Å². The number of rotatable bonds is 2. The van der Waals surface area contributed by atoms with Crippen molar-refractivity contribution in [1.29, 1.82) is 0 Å². The molecule has 1 saturated heterocycles. The van der Waals surface area contributed by atoms with Crippen molar-refractivity contribution in [3.05, 3.63) is 36.9 Å². The third-order valence-electron chi connectivity index (χ3n) is 2.96. The van der Waals surface area contributed by atoms with Crippen LogP contribution in [0.3, 0.4) is 0 Å². The topological polar surface area (TPSA) is 46.0 Å². The van der Waals surface area contributed by atoms with E-state index in [2.05, 4.69) is 24.8 Å². The Bertz CT molecular complexity index is 473. The SMILES string of the molecule is c1cc(-n2ccnc2N2CCNCC2)ccn1. The van der Waals surface area contributed by atoms with Crippen LogP contribution in [0.25, 0.3) is 5.69 Å². The molecule has 1 aliphatic heterocycles. The molecule has 0 unspecified atom stereocenters. The average molecular weight is 229 g/mol. The van der Waals surface area contributed by atoms with Crippen LogP contribution < -0.4 is 10.2 Å². The first-order valence-corrected chi connectivity index (χ1v) is 5.84. The van der Waals surface area contributed by atoms with Crippen LogP contribution in [0.2, 0.25) is 0 Å². The minimum Gasteiger partial charge on any atom is -0.339 e. The molecule has 5 nitrogen and oxygen atoms in total. The monoisotopic (exact) mass is 229 g/mol. The zero-order valence-corrected chi connectivity index (χ0v) is 9.58. The van der Waals surface area contributed by atoms with E-state index in [0.29, 0.717) is 0 Å². The molecule has 0 bridgehead atoms. The molecular formula is C12H15N5. The zero-order valence-electron chi connectivity index (χ0n) is 9.58. The van der Waals surface area contributed by atoms with E-state index < -0.39 is 0 Å². The Morgan fingerprint density at radius 2 is 1.82 bits per heavy atom. The van der Waals surface area contributed by atoms with E-state index in [9.17, 15) is 0 Å². The molecule has 88 valence electrons. The first kappa shape index (κ1) is 10.3. The Kier molecular flexibility index (Phi) is 2.75. The van der Waals surface area contributed by atoms with Crippen LogP contribution in [0, 0.1) is 0 Å². The number of nitrogens with zero attached hydrogens (tertiary/aromatic N) is 4. The number of aromatic nitrogens is 3. The van der Waals surface area contributed by atoms with Crippen molar-refractivity contribution in [2.24, 2.45) is 0 Å². The number of hydrogen-bond acceptors (Lipinski definition) is 4. The van der Waals surface area contributed by atoms with Gasteiger partial charge in [0.05, 0.1) is 5.69 Å². The van der Waals surface area contributed by atoms with E-state index >= 15 is 0 Å². The highest BCUT2D eigenvalue weighted by atomic mass is 15.3. The van der Waals surface area contributed by atoms with Crippen molar-refractivity contribution in [3.8, 4) is 5.69 Å². The van der Waals surface area contributed by atoms with Gasteiger partial charge in [-0.2, -0.15) is 0 Å². The fourth-order valence-electron chi connectivity index (χ4n) is 2.10. The second kappa shape index (κ2) is 4.55. The van der Waals surface area contributed by atoms with Gasteiger partial charge < -0.3 is 10.2 Å². The van der Waals surface area contributed by atoms with E-state index in [1.165, 1.54) is 0 Å². The van der Waals surface area contributed by atoms with Crippen LogP contribution in [0.4, 0.5) is 5.95 Å². The number of imidazole rings is 1. The number of hydrogen-bond donors (Lipinski definition) is 1. The predicted octanol–water partition coefficient (Wildman–Crippen LogP) is 0.677. The Balaban J connectivity index is 1.93. The number of nitrogens with one attached hydrogen (secondary N) is 1. The van der Waals surface area contributed by atoms with Crippen LogP contribution in [0.5, 0.6) is 0 Å². The average Bonchev–Trinajstić information content (AvgIpc) is 2.90. The highest BCUT2D eigenvalue weighted by Crippen LogP contribution is 2.17. The zero-order chi connectivity index (χ0) is 11.5. The molecule has 1 aliphatic rings. The summed E-state index contributed by atoms with van der Waals surface area (Å²) in [4.78, 5) is 10.8. The van der Waals surface area contributed by atoms with Crippen molar-refractivity contribution < 1.29 is 0 Å². The molecule has 2 aromatic rings. The smallest absolute Gasteiger partial charge is 0.210 e. The molecular weight excluding hydrogens is 214 g/mol. The second-order valence-corrected chi connectivity index (χ2v) is 4.04. The van der Waals surface area contributed by atoms with Gasteiger partial charge in [-0.25, -0.2) is 4.98 Å². The van der Waals surface area contributed by atoms with Gasteiger partial charge >= 0.3 is 0 Å². The molecule has 0 radical (unpaired) electrons. The normalized spacial score (nSPS) is 16.1. The summed E-state index contributed by atoms with van der Waals surface area (Å²) < 4.78 is 2.10. The highest BCUT2D eigenvalue weighted by molar-refractivity contribution is 5.43. The lowest BCUT2D eigenvalue weighted by molar-refractivity contribution is 0.577. The molecule has 0 saturated carbocycles. The molecule has 0 spiro atoms. The van der Waals surface area contributed by atoms with Gasteiger partial charge in [0.1, 0.15) is 0 Å². The Labute approximate surface area is 100 Å². The van der Waals surface area contributed by atoms with E-state index in [4.69, 9.17) is 0 Å². The third-order valence-corrected chi connectivity index (χ3v) is 2.96. The van der Waals surface area contributed by atoms with Gasteiger partial charge in [0.15, 0.2) is 0 Å². The Morgan fingerprint density at radius 3 is 2.59 bits per heavy atom. The van der Waals surface area contributed by atoms with Crippen molar-refractivity contribution in [1.82, 2.24) is 19.9 Å². The summed E-state index contributed by atoms with van der Waals surface area (Å²) in [5.74, 6) is 1.01. The summed E-state index contributed by atoms with van der Waals surface area (Å²) in [7, 11) is 0. The molecule has 0 aliphatic carbocycles. The summed E-state index contributed by atoms with van der Waals surface area (Å²) >= 11 is 0. The maximum atomic E-state index is 4.46. The molecule has 1 N–H and O–H groups in total. The molecule has 3 rings (SSSR count). The maximum absolute atomic E-state index is 4.46. The lowest BCUT2D eigenvalue weighted by Crippen LogP contribution is -2.44. The second-order valence-electron chi connectivity index (χ2n) is 4.04. The summed E-state index contributed by atoms with van der Waals surface area (Å²) in [5.41, 5.74) is 1.10. The van der Waals surface area contributed by atoms with Crippen LogP contribution in [-0.2, 0) is 0 Å². The lowest BCUT2D eigenvalue weighted by atomic mass is 10.3. The lowest BCUT2D eigenvalue weighted by Gasteiger charge is -2.28. The fourth-order valence-corrected chi connectivity index (χ4v) is 2.10. The fraction of sp³-hybridized carbons (Fsp3) is 0.333. The van der Waals surface area contributed by atoms with E-state index in [-0.39, 0.29) is 0 Å². The van der Waals surface area contributed by atoms with Gasteiger partial charge in [0, 0.05) is 51.0 Å². The Morgan fingerprint density at radius 1 is 1.06 bits per heavy atom. The van der Waals surface area contributed by atoms with Crippen LogP contribution in [-0.4, -0.2) is 40.7 Å². The molecule has 0 aromatic carbocycles. The predicted molar refractivity (Wildman–Crippen MR) is 66.4 cm³/mol. The van der Waals surface area contributed by atoms with Gasteiger partial charge in [-0.3, -0.25) is 9.55 Å². The Hall–Kier alpha value is -1.88. The molecule has 3 heterocycles. The molecule has 0 amide bonds. The third kappa shape index (κ3) is 2.01. The molecule has 0 atom stereocenters. The number of anilines is 1. The summed E-state index contributed by atoms with van der Waals surface area (Å²) in [6, 6.07) is 3.99. The van der Waals surface area contributed by atoms with Crippen molar-refractivity contribution in [2.45, 2.75) is 0 Å². The van der Waals surface area contributed by atoms with Gasteiger partial charge in [0.2, 0.25) is 5.95 Å². The molecule has 1 fully saturated rings. The first-order valence-electron chi connectivity index (χ1n) is 5.84. The van der Waals surface area contributed by atoms with Gasteiger partial charge in [-0.05, 0) is 12.1 Å². The standard InChI is InChI=1S/C12H15N5/c1-3-13-4-2-11(1)17-10-7-15-12(17)16-8-5-14-6-9-16/h1-4,7,10,14H,5-6,8-9H2. The summed E-state index contributed by atoms with van der Waals surface area (Å²) in [6.45, 7) is 4.04. The van der Waals surface area contributed by atoms with E-state index in [1.54, 1.807) is 12.4 Å². The van der Waals surface area contributed by atoms with Gasteiger partial charge in [-0.1, -0.05) is 0 Å². The minimum absolute atomic E-state index is 1.00. The minimum atomic E-state index is 1.00. The maximum Gasteiger partial charge on any atom is 0.210 e. The van der Waals surface area contributed by atoms with Crippen molar-refractivity contribution in [2.75, 3.05) is 31.1 Å². The highest BCUT2D eigenvalue weighted by Gasteiger charge is 2.15. The van der Waals surface area contributed by atoms with Crippen molar-refractivity contribution in [3.63, 3.8) is 0 Å². The molecule has 5 heteroatoms. The van der Waals surface area contributed by atoms with Crippen LogP contribution >= 0.6 is 0 Å².